The number of hydrogen-bond donors (Lipinski definition) is 1. The number of aromatic nitrogens is 5. The van der Waals surface area contributed by atoms with Crippen LogP contribution in [0.1, 0.15) is 20.1 Å². The molecule has 1 unspecified atom stereocenters. The highest BCUT2D eigenvalue weighted by molar-refractivity contribution is 5.90. The molecule has 1 atom stereocenters. The van der Waals surface area contributed by atoms with E-state index in [1.807, 2.05) is 26.1 Å². The van der Waals surface area contributed by atoms with Gasteiger partial charge in [-0.05, 0) is 19.9 Å². The highest BCUT2D eigenvalue weighted by Gasteiger charge is 2.13. The molecule has 0 aliphatic carbocycles. The molecule has 7 heteroatoms. The average Bonchev–Trinajstić information content (AvgIpc) is 3.14. The van der Waals surface area contributed by atoms with Crippen LogP contribution in [0.5, 0.6) is 0 Å². The SMILES string of the molecule is CCOC(C)n1cc(-c2ncnc3c2ccn3CO)cn1. The fraction of sp³-hybridized carbons (Fsp3) is 0.357. The molecule has 3 heterocycles. The van der Waals surface area contributed by atoms with Gasteiger partial charge in [-0.2, -0.15) is 5.10 Å². The lowest BCUT2D eigenvalue weighted by molar-refractivity contribution is 0.0160. The molecule has 7 nitrogen and oxygen atoms in total. The molecule has 3 aromatic heterocycles. The molecule has 0 fully saturated rings. The summed E-state index contributed by atoms with van der Waals surface area (Å²) in [6.07, 6.45) is 6.82. The van der Waals surface area contributed by atoms with Gasteiger partial charge in [-0.1, -0.05) is 0 Å². The van der Waals surface area contributed by atoms with Crippen molar-refractivity contribution < 1.29 is 9.84 Å². The van der Waals surface area contributed by atoms with Crippen LogP contribution >= 0.6 is 0 Å². The van der Waals surface area contributed by atoms with Gasteiger partial charge in [0, 0.05) is 30.0 Å². The Hall–Kier alpha value is -2.25. The van der Waals surface area contributed by atoms with Crippen LogP contribution in [-0.4, -0.2) is 36.0 Å². The minimum Gasteiger partial charge on any atom is -0.376 e. The minimum absolute atomic E-state index is 0.111. The van der Waals surface area contributed by atoms with E-state index in [-0.39, 0.29) is 13.0 Å². The number of aliphatic hydroxyl groups excluding tert-OH is 1. The largest absolute Gasteiger partial charge is 0.376 e. The maximum Gasteiger partial charge on any atom is 0.147 e. The van der Waals surface area contributed by atoms with Crippen molar-refractivity contribution in [3.8, 4) is 11.3 Å². The van der Waals surface area contributed by atoms with Crippen LogP contribution in [-0.2, 0) is 11.5 Å². The molecule has 0 radical (unpaired) electrons. The molecule has 0 aromatic carbocycles. The number of rotatable bonds is 5. The van der Waals surface area contributed by atoms with Crippen molar-refractivity contribution >= 4 is 11.0 Å². The van der Waals surface area contributed by atoms with Crippen molar-refractivity contribution in [3.63, 3.8) is 0 Å². The van der Waals surface area contributed by atoms with Gasteiger partial charge in [0.25, 0.3) is 0 Å². The molecule has 1 N–H and O–H groups in total. The monoisotopic (exact) mass is 287 g/mol. The molecule has 0 spiro atoms. The molecule has 21 heavy (non-hydrogen) atoms. The number of hydrogen-bond acceptors (Lipinski definition) is 5. The zero-order valence-electron chi connectivity index (χ0n) is 12.0. The highest BCUT2D eigenvalue weighted by Crippen LogP contribution is 2.26. The number of ether oxygens (including phenoxy) is 1. The van der Waals surface area contributed by atoms with E-state index in [1.165, 1.54) is 6.33 Å². The van der Waals surface area contributed by atoms with Gasteiger partial charge in [0.15, 0.2) is 0 Å². The van der Waals surface area contributed by atoms with Crippen molar-refractivity contribution in [1.82, 2.24) is 24.3 Å². The second-order valence-corrected chi connectivity index (χ2v) is 4.65. The van der Waals surface area contributed by atoms with Crippen molar-refractivity contribution in [2.45, 2.75) is 26.8 Å². The van der Waals surface area contributed by atoms with E-state index in [1.54, 1.807) is 21.6 Å². The summed E-state index contributed by atoms with van der Waals surface area (Å²) in [7, 11) is 0. The molecule has 0 saturated carbocycles. The van der Waals surface area contributed by atoms with Crippen molar-refractivity contribution in [2.75, 3.05) is 6.61 Å². The Morgan fingerprint density at radius 1 is 1.38 bits per heavy atom. The molecule has 0 aliphatic heterocycles. The molecular formula is C14H17N5O2. The maximum absolute atomic E-state index is 9.29. The van der Waals surface area contributed by atoms with E-state index in [0.717, 1.165) is 16.6 Å². The van der Waals surface area contributed by atoms with Crippen LogP contribution in [0.4, 0.5) is 0 Å². The summed E-state index contributed by atoms with van der Waals surface area (Å²) in [5, 5.41) is 14.5. The van der Waals surface area contributed by atoms with E-state index in [9.17, 15) is 5.11 Å². The van der Waals surface area contributed by atoms with Crippen molar-refractivity contribution in [2.24, 2.45) is 0 Å². The Morgan fingerprint density at radius 2 is 2.24 bits per heavy atom. The van der Waals surface area contributed by atoms with Gasteiger partial charge in [-0.15, -0.1) is 0 Å². The summed E-state index contributed by atoms with van der Waals surface area (Å²) in [5.41, 5.74) is 2.39. The first-order valence-electron chi connectivity index (χ1n) is 6.81. The van der Waals surface area contributed by atoms with Gasteiger partial charge < -0.3 is 14.4 Å². The average molecular weight is 287 g/mol. The van der Waals surface area contributed by atoms with Gasteiger partial charge in [0.2, 0.25) is 0 Å². The lowest BCUT2D eigenvalue weighted by Gasteiger charge is -2.11. The third-order valence-electron chi connectivity index (χ3n) is 3.36. The van der Waals surface area contributed by atoms with Gasteiger partial charge in [-0.3, -0.25) is 0 Å². The molecule has 3 rings (SSSR count). The summed E-state index contributed by atoms with van der Waals surface area (Å²) in [4.78, 5) is 8.55. The Balaban J connectivity index is 2.03. The van der Waals surface area contributed by atoms with Gasteiger partial charge >= 0.3 is 0 Å². The van der Waals surface area contributed by atoms with E-state index in [0.29, 0.717) is 12.3 Å². The zero-order valence-corrected chi connectivity index (χ0v) is 12.0. The summed E-state index contributed by atoms with van der Waals surface area (Å²) in [6.45, 7) is 4.42. The second-order valence-electron chi connectivity index (χ2n) is 4.65. The first-order valence-corrected chi connectivity index (χ1v) is 6.81. The van der Waals surface area contributed by atoms with Crippen molar-refractivity contribution in [3.05, 3.63) is 31.0 Å². The van der Waals surface area contributed by atoms with E-state index < -0.39 is 0 Å². The van der Waals surface area contributed by atoms with Gasteiger partial charge in [0.05, 0.1) is 11.9 Å². The quantitative estimate of drug-likeness (QED) is 0.774. The smallest absolute Gasteiger partial charge is 0.147 e. The fourth-order valence-electron chi connectivity index (χ4n) is 2.32. The molecular weight excluding hydrogens is 270 g/mol. The lowest BCUT2D eigenvalue weighted by Crippen LogP contribution is -2.09. The van der Waals surface area contributed by atoms with Gasteiger partial charge in [-0.25, -0.2) is 14.6 Å². The summed E-state index contributed by atoms with van der Waals surface area (Å²) >= 11 is 0. The van der Waals surface area contributed by atoms with E-state index in [4.69, 9.17) is 4.74 Å². The van der Waals surface area contributed by atoms with Crippen LogP contribution in [0.25, 0.3) is 22.3 Å². The molecule has 0 aliphatic rings. The number of fused-ring (bicyclic) bond motifs is 1. The zero-order chi connectivity index (χ0) is 14.8. The summed E-state index contributed by atoms with van der Waals surface area (Å²) < 4.78 is 8.94. The lowest BCUT2D eigenvalue weighted by atomic mass is 10.2. The summed E-state index contributed by atoms with van der Waals surface area (Å²) in [6, 6.07) is 1.89. The molecule has 0 bridgehead atoms. The Kier molecular flexibility index (Phi) is 3.68. The third kappa shape index (κ3) is 2.41. The Bertz CT molecular complexity index is 749. The van der Waals surface area contributed by atoms with Crippen LogP contribution in [0.15, 0.2) is 31.0 Å². The molecule has 0 amide bonds. The number of nitrogens with zero attached hydrogens (tertiary/aromatic N) is 5. The van der Waals surface area contributed by atoms with Crippen LogP contribution < -0.4 is 0 Å². The first-order chi connectivity index (χ1) is 10.2. The maximum atomic E-state index is 9.29. The van der Waals surface area contributed by atoms with Crippen molar-refractivity contribution in [1.29, 1.82) is 0 Å². The van der Waals surface area contributed by atoms with Crippen LogP contribution in [0.3, 0.4) is 0 Å². The van der Waals surface area contributed by atoms with Crippen LogP contribution in [0.2, 0.25) is 0 Å². The fourth-order valence-corrected chi connectivity index (χ4v) is 2.32. The third-order valence-corrected chi connectivity index (χ3v) is 3.36. The first kappa shape index (κ1) is 13.7. The Labute approximate surface area is 121 Å². The molecule has 110 valence electrons. The number of aliphatic hydroxyl groups is 1. The standard InChI is InChI=1S/C14H17N5O2/c1-3-21-10(2)19-7-11(6-17-19)13-12-4-5-18(9-20)14(12)16-8-15-13/h4-8,10,20H,3,9H2,1-2H3. The Morgan fingerprint density at radius 3 is 3.00 bits per heavy atom. The normalized spacial score (nSPS) is 12.9. The molecule has 3 aromatic rings. The minimum atomic E-state index is -0.122. The highest BCUT2D eigenvalue weighted by atomic mass is 16.5. The molecule has 0 saturated heterocycles. The predicted octanol–water partition coefficient (Wildman–Crippen LogP) is 1.80. The van der Waals surface area contributed by atoms with E-state index in [2.05, 4.69) is 15.1 Å². The topological polar surface area (TPSA) is 78.0 Å². The second kappa shape index (κ2) is 5.63. The van der Waals surface area contributed by atoms with Crippen LogP contribution in [0, 0.1) is 0 Å². The van der Waals surface area contributed by atoms with E-state index >= 15 is 0 Å². The van der Waals surface area contributed by atoms with Gasteiger partial charge in [0.1, 0.15) is 24.9 Å². The summed E-state index contributed by atoms with van der Waals surface area (Å²) in [5.74, 6) is 0. The predicted molar refractivity (Wildman–Crippen MR) is 77.3 cm³/mol.